The molecule has 0 aliphatic carbocycles. The summed E-state index contributed by atoms with van der Waals surface area (Å²) in [5, 5.41) is 4.13. The van der Waals surface area contributed by atoms with Crippen molar-refractivity contribution >= 4 is 11.7 Å². The van der Waals surface area contributed by atoms with Crippen LogP contribution in [0, 0.1) is 5.92 Å². The Balaban J connectivity index is 1.30. The quantitative estimate of drug-likeness (QED) is 0.680. The van der Waals surface area contributed by atoms with Crippen molar-refractivity contribution in [1.29, 1.82) is 0 Å². The summed E-state index contributed by atoms with van der Waals surface area (Å²) in [7, 11) is 0. The number of hydrogen-bond acceptors (Lipinski definition) is 6. The van der Waals surface area contributed by atoms with E-state index < -0.39 is 0 Å². The van der Waals surface area contributed by atoms with E-state index in [1.165, 1.54) is 17.5 Å². The monoisotopic (exact) mass is 389 g/mol. The van der Waals surface area contributed by atoms with Crippen LogP contribution in [0.1, 0.15) is 24.0 Å². The fraction of sp³-hybridized carbons (Fsp3) is 0.381. The molecule has 3 aromatic rings. The van der Waals surface area contributed by atoms with Crippen LogP contribution in [-0.2, 0) is 17.8 Å². The Morgan fingerprint density at radius 2 is 1.90 bits per heavy atom. The molecule has 1 fully saturated rings. The fourth-order valence-electron chi connectivity index (χ4n) is 4.29. The van der Waals surface area contributed by atoms with E-state index in [-0.39, 0.29) is 11.8 Å². The van der Waals surface area contributed by atoms with Gasteiger partial charge in [0.15, 0.2) is 5.82 Å². The molecule has 0 radical (unpaired) electrons. The molecule has 0 unspecified atom stereocenters. The van der Waals surface area contributed by atoms with Gasteiger partial charge in [-0.1, -0.05) is 24.3 Å². The van der Waals surface area contributed by atoms with Crippen LogP contribution in [0.4, 0.5) is 5.82 Å². The topological polar surface area (TPSA) is 80.0 Å². The normalized spacial score (nSPS) is 19.1. The van der Waals surface area contributed by atoms with Crippen LogP contribution in [0.15, 0.2) is 49.3 Å². The highest BCUT2D eigenvalue weighted by Crippen LogP contribution is 2.26. The molecule has 1 aromatic carbocycles. The predicted octanol–water partition coefficient (Wildman–Crippen LogP) is 1.86. The van der Waals surface area contributed by atoms with Gasteiger partial charge in [0, 0.05) is 32.2 Å². The van der Waals surface area contributed by atoms with Gasteiger partial charge >= 0.3 is 0 Å². The molecule has 4 heterocycles. The van der Waals surface area contributed by atoms with Gasteiger partial charge in [0.1, 0.15) is 24.8 Å². The average Bonchev–Trinajstić information content (AvgIpc) is 3.33. The molecule has 8 heteroatoms. The molecule has 0 N–H and O–H groups in total. The average molecular weight is 389 g/mol. The Bertz CT molecular complexity index is 1000. The number of carbonyl (C=O) groups excluding carboxylic acids is 1. The first-order chi connectivity index (χ1) is 14.3. The second-order valence-electron chi connectivity index (χ2n) is 7.64. The molecule has 0 saturated carbocycles. The second kappa shape index (κ2) is 7.62. The van der Waals surface area contributed by atoms with Crippen LogP contribution in [-0.4, -0.2) is 55.2 Å². The summed E-state index contributed by atoms with van der Waals surface area (Å²) >= 11 is 0. The van der Waals surface area contributed by atoms with E-state index in [0.717, 1.165) is 44.7 Å². The van der Waals surface area contributed by atoms with Gasteiger partial charge in [-0.3, -0.25) is 4.79 Å². The lowest BCUT2D eigenvalue weighted by molar-refractivity contribution is -0.136. The van der Waals surface area contributed by atoms with Crippen molar-refractivity contribution in [3.63, 3.8) is 0 Å². The standard InChI is InChI=1S/C21H23N7O/c29-21(27-9-7-16-4-1-2-5-17(16)11-27)18-6-3-8-26(12-18)19-10-20(24-14-23-19)28-15-22-13-25-28/h1-2,4-5,10,13-15,18H,3,6-9,11-12H2/t18-/m1/s1. The Morgan fingerprint density at radius 3 is 2.76 bits per heavy atom. The molecule has 2 aromatic heterocycles. The number of nitrogens with zero attached hydrogens (tertiary/aromatic N) is 7. The fourth-order valence-corrected chi connectivity index (χ4v) is 4.29. The molecule has 0 bridgehead atoms. The number of anilines is 1. The maximum Gasteiger partial charge on any atom is 0.227 e. The first-order valence-corrected chi connectivity index (χ1v) is 10.1. The Morgan fingerprint density at radius 1 is 1.03 bits per heavy atom. The number of benzene rings is 1. The lowest BCUT2D eigenvalue weighted by Gasteiger charge is -2.37. The Hall–Kier alpha value is -3.29. The summed E-state index contributed by atoms with van der Waals surface area (Å²) in [6, 6.07) is 10.3. The van der Waals surface area contributed by atoms with E-state index in [9.17, 15) is 4.79 Å². The smallest absolute Gasteiger partial charge is 0.227 e. The van der Waals surface area contributed by atoms with Crippen LogP contribution in [0.5, 0.6) is 0 Å². The van der Waals surface area contributed by atoms with Crippen LogP contribution >= 0.6 is 0 Å². The maximum atomic E-state index is 13.2. The van der Waals surface area contributed by atoms with Gasteiger partial charge in [0.05, 0.1) is 5.92 Å². The Labute approximate surface area is 169 Å². The van der Waals surface area contributed by atoms with Gasteiger partial charge in [-0.05, 0) is 30.4 Å². The molecule has 148 valence electrons. The first kappa shape index (κ1) is 17.8. The van der Waals surface area contributed by atoms with Crippen molar-refractivity contribution in [2.75, 3.05) is 24.5 Å². The van der Waals surface area contributed by atoms with Gasteiger partial charge in [-0.2, -0.15) is 5.10 Å². The van der Waals surface area contributed by atoms with Crippen LogP contribution in [0.25, 0.3) is 5.82 Å². The van der Waals surface area contributed by atoms with E-state index >= 15 is 0 Å². The molecule has 0 spiro atoms. The zero-order valence-electron chi connectivity index (χ0n) is 16.2. The highest BCUT2D eigenvalue weighted by molar-refractivity contribution is 5.80. The number of amides is 1. The number of piperidine rings is 1. The summed E-state index contributed by atoms with van der Waals surface area (Å²) in [6.45, 7) is 3.09. The molecule has 29 heavy (non-hydrogen) atoms. The van der Waals surface area contributed by atoms with E-state index in [1.807, 2.05) is 11.0 Å². The first-order valence-electron chi connectivity index (χ1n) is 10.1. The van der Waals surface area contributed by atoms with E-state index in [2.05, 4.69) is 49.2 Å². The molecule has 2 aliphatic heterocycles. The van der Waals surface area contributed by atoms with Crippen molar-refractivity contribution in [3.8, 4) is 5.82 Å². The summed E-state index contributed by atoms with van der Waals surface area (Å²) < 4.78 is 1.61. The molecule has 2 aliphatic rings. The summed E-state index contributed by atoms with van der Waals surface area (Å²) in [5.41, 5.74) is 2.64. The molecular weight excluding hydrogens is 366 g/mol. The van der Waals surface area contributed by atoms with Gasteiger partial charge in [0.2, 0.25) is 5.91 Å². The molecule has 8 nitrogen and oxygen atoms in total. The third kappa shape index (κ3) is 3.57. The largest absolute Gasteiger partial charge is 0.356 e. The highest BCUT2D eigenvalue weighted by Gasteiger charge is 2.31. The summed E-state index contributed by atoms with van der Waals surface area (Å²) in [5.74, 6) is 1.76. The minimum absolute atomic E-state index is 0.00111. The SMILES string of the molecule is O=C([C@@H]1CCCN(c2cc(-n3cncn3)ncn2)C1)N1CCc2ccccc2C1. The number of fused-ring (bicyclic) bond motifs is 1. The highest BCUT2D eigenvalue weighted by atomic mass is 16.2. The van der Waals surface area contributed by atoms with Crippen molar-refractivity contribution in [1.82, 2.24) is 29.6 Å². The van der Waals surface area contributed by atoms with Gasteiger partial charge in [0.25, 0.3) is 0 Å². The molecule has 1 atom stereocenters. The predicted molar refractivity (Wildman–Crippen MR) is 107 cm³/mol. The second-order valence-corrected chi connectivity index (χ2v) is 7.64. The molecular formula is C21H23N7O. The van der Waals surface area contributed by atoms with E-state index in [1.54, 1.807) is 17.3 Å². The molecule has 1 saturated heterocycles. The number of rotatable bonds is 3. The van der Waals surface area contributed by atoms with Crippen molar-refractivity contribution in [3.05, 3.63) is 60.4 Å². The van der Waals surface area contributed by atoms with Gasteiger partial charge in [-0.15, -0.1) is 0 Å². The van der Waals surface area contributed by atoms with Crippen LogP contribution in [0.2, 0.25) is 0 Å². The van der Waals surface area contributed by atoms with Crippen LogP contribution < -0.4 is 4.90 Å². The number of carbonyl (C=O) groups is 1. The zero-order chi connectivity index (χ0) is 19.6. The van der Waals surface area contributed by atoms with E-state index in [4.69, 9.17) is 0 Å². The van der Waals surface area contributed by atoms with Crippen molar-refractivity contribution < 1.29 is 4.79 Å². The minimum Gasteiger partial charge on any atom is -0.356 e. The van der Waals surface area contributed by atoms with E-state index in [0.29, 0.717) is 12.4 Å². The maximum absolute atomic E-state index is 13.2. The van der Waals surface area contributed by atoms with Gasteiger partial charge in [-0.25, -0.2) is 19.6 Å². The summed E-state index contributed by atoms with van der Waals surface area (Å²) in [6.07, 6.45) is 7.47. The third-order valence-corrected chi connectivity index (χ3v) is 5.83. The zero-order valence-corrected chi connectivity index (χ0v) is 16.2. The third-order valence-electron chi connectivity index (χ3n) is 5.83. The van der Waals surface area contributed by atoms with Crippen LogP contribution in [0.3, 0.4) is 0 Å². The van der Waals surface area contributed by atoms with Crippen molar-refractivity contribution in [2.24, 2.45) is 5.92 Å². The lowest BCUT2D eigenvalue weighted by Crippen LogP contribution is -2.46. The molecule has 5 rings (SSSR count). The minimum atomic E-state index is -0.00111. The Kier molecular flexibility index (Phi) is 4.67. The molecule has 1 amide bonds. The van der Waals surface area contributed by atoms with Crippen molar-refractivity contribution in [2.45, 2.75) is 25.8 Å². The summed E-state index contributed by atoms with van der Waals surface area (Å²) in [4.78, 5) is 30.1. The number of hydrogen-bond donors (Lipinski definition) is 0. The number of aromatic nitrogens is 5. The van der Waals surface area contributed by atoms with Gasteiger partial charge < -0.3 is 9.80 Å². The lowest BCUT2D eigenvalue weighted by atomic mass is 9.94.